The van der Waals surface area contributed by atoms with Crippen LogP contribution in [0.5, 0.6) is 0 Å². The van der Waals surface area contributed by atoms with E-state index in [1.54, 1.807) is 18.2 Å². The highest BCUT2D eigenvalue weighted by Gasteiger charge is 2.16. The molecule has 1 amide bonds. The average Bonchev–Trinajstić information content (AvgIpc) is 2.47. The molecule has 0 saturated carbocycles. The van der Waals surface area contributed by atoms with E-state index in [0.29, 0.717) is 14.9 Å². The lowest BCUT2D eigenvalue weighted by Gasteiger charge is -2.18. The number of thioether (sulfide) groups is 1. The molecule has 7 heteroatoms. The molecule has 22 heavy (non-hydrogen) atoms. The number of hydrogen-bond acceptors (Lipinski definition) is 2. The van der Waals surface area contributed by atoms with Crippen molar-refractivity contribution in [2.45, 2.75) is 4.90 Å². The Morgan fingerprint density at radius 2 is 1.91 bits per heavy atom. The summed E-state index contributed by atoms with van der Waals surface area (Å²) in [7, 11) is 1.43. The van der Waals surface area contributed by atoms with Gasteiger partial charge in [0, 0.05) is 23.0 Å². The number of halogens is 4. The van der Waals surface area contributed by atoms with E-state index in [4.69, 9.17) is 23.2 Å². The standard InChI is InChI=1S/C15H11Cl2F2NOS/c1-20(13-5-3-10(18)7-12(13)19)15(21)8-22-14-6-9(16)2-4-11(14)17/h2-7H,8H2,1H3. The fraction of sp³-hybridized carbons (Fsp3) is 0.133. The predicted octanol–water partition coefficient (Wildman–Crippen LogP) is 5.03. The van der Waals surface area contributed by atoms with Crippen molar-refractivity contribution in [1.82, 2.24) is 0 Å². The summed E-state index contributed by atoms with van der Waals surface area (Å²) in [5.41, 5.74) is 0.0178. The Kier molecular flexibility index (Phi) is 5.67. The zero-order valence-electron chi connectivity index (χ0n) is 11.4. The first kappa shape index (κ1) is 17.1. The molecular formula is C15H11Cl2F2NOS. The lowest BCUT2D eigenvalue weighted by Crippen LogP contribution is -2.28. The van der Waals surface area contributed by atoms with Crippen LogP contribution in [0.25, 0.3) is 0 Å². The van der Waals surface area contributed by atoms with Crippen LogP contribution in [0.15, 0.2) is 41.3 Å². The van der Waals surface area contributed by atoms with Crippen molar-refractivity contribution >= 4 is 46.6 Å². The molecule has 2 nitrogen and oxygen atoms in total. The summed E-state index contributed by atoms with van der Waals surface area (Å²) in [6.07, 6.45) is 0. The minimum atomic E-state index is -0.790. The topological polar surface area (TPSA) is 20.3 Å². The summed E-state index contributed by atoms with van der Waals surface area (Å²) in [6, 6.07) is 8.00. The third-order valence-corrected chi connectivity index (χ3v) is 4.61. The third kappa shape index (κ3) is 4.12. The van der Waals surface area contributed by atoms with Crippen molar-refractivity contribution in [1.29, 1.82) is 0 Å². The molecule has 0 aromatic heterocycles. The van der Waals surface area contributed by atoms with Crippen molar-refractivity contribution in [3.63, 3.8) is 0 Å². The van der Waals surface area contributed by atoms with Gasteiger partial charge in [-0.2, -0.15) is 0 Å². The molecule has 0 unspecified atom stereocenters. The van der Waals surface area contributed by atoms with Gasteiger partial charge in [-0.1, -0.05) is 23.2 Å². The molecule has 0 aliphatic carbocycles. The number of benzene rings is 2. The SMILES string of the molecule is CN(C(=O)CSc1cc(Cl)ccc1Cl)c1ccc(F)cc1F. The molecule has 0 saturated heterocycles. The van der Waals surface area contributed by atoms with E-state index in [9.17, 15) is 13.6 Å². The minimum absolute atomic E-state index is 0.0178. The number of nitrogens with zero attached hydrogens (tertiary/aromatic N) is 1. The summed E-state index contributed by atoms with van der Waals surface area (Å²) in [5.74, 6) is -1.77. The average molecular weight is 362 g/mol. The second-order valence-electron chi connectivity index (χ2n) is 4.41. The maximum absolute atomic E-state index is 13.7. The van der Waals surface area contributed by atoms with Crippen LogP contribution in [0.3, 0.4) is 0 Å². The van der Waals surface area contributed by atoms with Gasteiger partial charge in [0.2, 0.25) is 5.91 Å². The van der Waals surface area contributed by atoms with E-state index >= 15 is 0 Å². The zero-order valence-corrected chi connectivity index (χ0v) is 13.8. The largest absolute Gasteiger partial charge is 0.312 e. The number of hydrogen-bond donors (Lipinski definition) is 0. The molecule has 0 aliphatic rings. The minimum Gasteiger partial charge on any atom is -0.312 e. The van der Waals surface area contributed by atoms with Crippen LogP contribution in [0, 0.1) is 11.6 Å². The second kappa shape index (κ2) is 7.31. The number of carbonyl (C=O) groups is 1. The van der Waals surface area contributed by atoms with Crippen LogP contribution in [-0.4, -0.2) is 18.7 Å². The van der Waals surface area contributed by atoms with Crippen molar-refractivity contribution in [2.24, 2.45) is 0 Å². The van der Waals surface area contributed by atoms with E-state index in [-0.39, 0.29) is 17.3 Å². The normalized spacial score (nSPS) is 10.6. The molecular weight excluding hydrogens is 351 g/mol. The molecule has 2 aromatic rings. The van der Waals surface area contributed by atoms with Gasteiger partial charge >= 0.3 is 0 Å². The van der Waals surface area contributed by atoms with Crippen molar-refractivity contribution in [3.05, 3.63) is 58.1 Å². The van der Waals surface area contributed by atoms with E-state index in [0.717, 1.165) is 17.0 Å². The summed E-state index contributed by atoms with van der Waals surface area (Å²) >= 11 is 13.1. The summed E-state index contributed by atoms with van der Waals surface area (Å²) in [6.45, 7) is 0. The molecule has 0 bridgehead atoms. The Hall–Kier alpha value is -1.30. The Morgan fingerprint density at radius 1 is 1.18 bits per heavy atom. The van der Waals surface area contributed by atoms with Crippen molar-refractivity contribution in [3.8, 4) is 0 Å². The van der Waals surface area contributed by atoms with Crippen LogP contribution < -0.4 is 4.90 Å². The van der Waals surface area contributed by atoms with Crippen LogP contribution in [0.1, 0.15) is 0 Å². The maximum Gasteiger partial charge on any atom is 0.237 e. The first-order valence-electron chi connectivity index (χ1n) is 6.18. The van der Waals surface area contributed by atoms with E-state index in [1.807, 2.05) is 0 Å². The summed E-state index contributed by atoms with van der Waals surface area (Å²) in [4.78, 5) is 13.9. The smallest absolute Gasteiger partial charge is 0.237 e. The van der Waals surface area contributed by atoms with Gasteiger partial charge in [-0.25, -0.2) is 8.78 Å². The van der Waals surface area contributed by atoms with Crippen LogP contribution >= 0.6 is 35.0 Å². The highest BCUT2D eigenvalue weighted by Crippen LogP contribution is 2.30. The molecule has 0 spiro atoms. The van der Waals surface area contributed by atoms with Crippen LogP contribution in [0.2, 0.25) is 10.0 Å². The van der Waals surface area contributed by atoms with Gasteiger partial charge in [-0.15, -0.1) is 11.8 Å². The molecule has 0 heterocycles. The number of carbonyl (C=O) groups excluding carboxylic acids is 1. The summed E-state index contributed by atoms with van der Waals surface area (Å²) < 4.78 is 26.6. The van der Waals surface area contributed by atoms with E-state index in [1.165, 1.54) is 24.9 Å². The van der Waals surface area contributed by atoms with Gasteiger partial charge in [0.1, 0.15) is 11.6 Å². The molecule has 0 atom stereocenters. The lowest BCUT2D eigenvalue weighted by molar-refractivity contribution is -0.115. The third-order valence-electron chi connectivity index (χ3n) is 2.89. The number of amides is 1. The highest BCUT2D eigenvalue weighted by atomic mass is 35.5. The Labute approximate surface area is 141 Å². The van der Waals surface area contributed by atoms with Crippen LogP contribution in [0.4, 0.5) is 14.5 Å². The predicted molar refractivity (Wildman–Crippen MR) is 87.0 cm³/mol. The fourth-order valence-corrected chi connectivity index (χ4v) is 3.12. The quantitative estimate of drug-likeness (QED) is 0.712. The molecule has 2 aromatic carbocycles. The van der Waals surface area contributed by atoms with E-state index in [2.05, 4.69) is 0 Å². The molecule has 116 valence electrons. The van der Waals surface area contributed by atoms with Crippen molar-refractivity contribution < 1.29 is 13.6 Å². The molecule has 0 fully saturated rings. The van der Waals surface area contributed by atoms with Gasteiger partial charge in [0.15, 0.2) is 0 Å². The maximum atomic E-state index is 13.7. The Balaban J connectivity index is 2.07. The number of anilines is 1. The monoisotopic (exact) mass is 361 g/mol. The fourth-order valence-electron chi connectivity index (χ4n) is 1.71. The van der Waals surface area contributed by atoms with Gasteiger partial charge in [-0.3, -0.25) is 4.79 Å². The highest BCUT2D eigenvalue weighted by molar-refractivity contribution is 8.00. The molecule has 0 aliphatic heterocycles. The Morgan fingerprint density at radius 3 is 2.59 bits per heavy atom. The number of rotatable bonds is 4. The zero-order chi connectivity index (χ0) is 16.3. The Bertz CT molecular complexity index is 712. The molecule has 0 radical (unpaired) electrons. The van der Waals surface area contributed by atoms with Crippen molar-refractivity contribution in [2.75, 3.05) is 17.7 Å². The molecule has 2 rings (SSSR count). The van der Waals surface area contributed by atoms with Gasteiger partial charge in [0.05, 0.1) is 16.5 Å². The first-order valence-corrected chi connectivity index (χ1v) is 7.92. The van der Waals surface area contributed by atoms with Gasteiger partial charge in [-0.05, 0) is 30.3 Å². The lowest BCUT2D eigenvalue weighted by atomic mass is 10.2. The second-order valence-corrected chi connectivity index (χ2v) is 6.27. The van der Waals surface area contributed by atoms with Gasteiger partial charge in [0.25, 0.3) is 0 Å². The summed E-state index contributed by atoms with van der Waals surface area (Å²) in [5, 5.41) is 0.995. The van der Waals surface area contributed by atoms with Crippen LogP contribution in [-0.2, 0) is 4.79 Å². The van der Waals surface area contributed by atoms with Gasteiger partial charge < -0.3 is 4.90 Å². The molecule has 0 N–H and O–H groups in total. The first-order chi connectivity index (χ1) is 10.4. The van der Waals surface area contributed by atoms with E-state index < -0.39 is 11.6 Å².